The average Bonchev–Trinajstić information content (AvgIpc) is 3.23. The summed E-state index contributed by atoms with van der Waals surface area (Å²) in [5.41, 5.74) is 1.97. The Bertz CT molecular complexity index is 812. The Labute approximate surface area is 159 Å². The Balaban J connectivity index is 1.86. The molecule has 0 spiro atoms. The number of nitrogens with one attached hydrogen (secondary N) is 1. The number of carbonyl (C=O) groups is 1. The third-order valence-corrected chi connectivity index (χ3v) is 4.27. The minimum atomic E-state index is -0.509. The minimum absolute atomic E-state index is 0.0818. The zero-order valence-electron chi connectivity index (χ0n) is 16.6. The molecule has 0 radical (unpaired) electrons. The molecule has 146 valence electrons. The van der Waals surface area contributed by atoms with Crippen molar-refractivity contribution in [3.63, 3.8) is 0 Å². The predicted molar refractivity (Wildman–Crippen MR) is 102 cm³/mol. The van der Waals surface area contributed by atoms with Gasteiger partial charge in [0.05, 0.1) is 17.0 Å². The summed E-state index contributed by atoms with van der Waals surface area (Å²) in [5, 5.41) is 7.12. The molecule has 0 aromatic carbocycles. The number of aryl methyl sites for hydroxylation is 1. The molecular formula is C19H27N5O3. The normalized spacial score (nSPS) is 17.2. The van der Waals surface area contributed by atoms with E-state index < -0.39 is 5.60 Å². The van der Waals surface area contributed by atoms with Gasteiger partial charge in [0, 0.05) is 37.8 Å². The first-order chi connectivity index (χ1) is 12.8. The molecule has 0 bridgehead atoms. The van der Waals surface area contributed by atoms with E-state index >= 15 is 0 Å². The molecule has 3 heterocycles. The van der Waals surface area contributed by atoms with Crippen LogP contribution in [0.2, 0.25) is 0 Å². The summed E-state index contributed by atoms with van der Waals surface area (Å²) in [6.45, 7) is 11.4. The summed E-state index contributed by atoms with van der Waals surface area (Å²) in [6, 6.07) is 1.87. The van der Waals surface area contributed by atoms with Crippen LogP contribution in [-0.2, 0) is 4.74 Å². The van der Waals surface area contributed by atoms with Gasteiger partial charge in [-0.3, -0.25) is 0 Å². The van der Waals surface area contributed by atoms with Crippen LogP contribution in [0.1, 0.15) is 51.4 Å². The molecule has 2 aromatic heterocycles. The lowest BCUT2D eigenvalue weighted by molar-refractivity contribution is 0.0292. The van der Waals surface area contributed by atoms with Crippen LogP contribution in [0.5, 0.6) is 0 Å². The smallest absolute Gasteiger partial charge is 0.410 e. The van der Waals surface area contributed by atoms with Crippen LogP contribution in [0.4, 0.5) is 10.7 Å². The van der Waals surface area contributed by atoms with E-state index in [0.717, 1.165) is 29.9 Å². The summed E-state index contributed by atoms with van der Waals surface area (Å²) >= 11 is 0. The second kappa shape index (κ2) is 7.54. The van der Waals surface area contributed by atoms with Crippen LogP contribution in [-0.4, -0.2) is 51.4 Å². The van der Waals surface area contributed by atoms with E-state index in [1.807, 2.05) is 40.7 Å². The number of hydrogen-bond acceptors (Lipinski definition) is 7. The van der Waals surface area contributed by atoms with Crippen molar-refractivity contribution in [1.29, 1.82) is 0 Å². The molecule has 1 unspecified atom stereocenters. The third kappa shape index (κ3) is 4.56. The molecule has 27 heavy (non-hydrogen) atoms. The molecule has 1 aliphatic rings. The molecule has 1 amide bonds. The second-order valence-corrected chi connectivity index (χ2v) is 7.77. The summed E-state index contributed by atoms with van der Waals surface area (Å²) in [6.07, 6.45) is 2.28. The highest BCUT2D eigenvalue weighted by atomic mass is 16.6. The maximum atomic E-state index is 12.4. The van der Waals surface area contributed by atoms with Gasteiger partial charge in [0.2, 0.25) is 5.95 Å². The SMILES string of the molecule is CCNc1ncc(-c2cc(C)no2)c(C2CCN(C(=O)OC(C)(C)C)C2)n1. The number of amides is 1. The Morgan fingerprint density at radius 3 is 2.85 bits per heavy atom. The van der Waals surface area contributed by atoms with Gasteiger partial charge in [-0.15, -0.1) is 0 Å². The van der Waals surface area contributed by atoms with Crippen molar-refractivity contribution in [3.8, 4) is 11.3 Å². The fraction of sp³-hybridized carbons (Fsp3) is 0.579. The number of likely N-dealkylation sites (tertiary alicyclic amines) is 1. The van der Waals surface area contributed by atoms with Crippen molar-refractivity contribution in [2.75, 3.05) is 25.0 Å². The van der Waals surface area contributed by atoms with Crippen LogP contribution >= 0.6 is 0 Å². The highest BCUT2D eigenvalue weighted by molar-refractivity contribution is 5.69. The van der Waals surface area contributed by atoms with Crippen molar-refractivity contribution in [3.05, 3.63) is 23.7 Å². The van der Waals surface area contributed by atoms with E-state index in [1.54, 1.807) is 11.1 Å². The standard InChI is InChI=1S/C19H27N5O3/c1-6-20-17-21-10-14(15-9-12(2)23-27-15)16(22-17)13-7-8-24(11-13)18(25)26-19(3,4)5/h9-10,13H,6-8,11H2,1-5H3,(H,20,21,22). The maximum absolute atomic E-state index is 12.4. The summed E-state index contributed by atoms with van der Waals surface area (Å²) in [7, 11) is 0. The zero-order chi connectivity index (χ0) is 19.6. The maximum Gasteiger partial charge on any atom is 0.410 e. The van der Waals surface area contributed by atoms with Crippen LogP contribution in [0.25, 0.3) is 11.3 Å². The average molecular weight is 373 g/mol. The fourth-order valence-corrected chi connectivity index (χ4v) is 3.11. The van der Waals surface area contributed by atoms with Gasteiger partial charge in [0.25, 0.3) is 0 Å². The van der Waals surface area contributed by atoms with E-state index in [9.17, 15) is 4.79 Å². The highest BCUT2D eigenvalue weighted by Crippen LogP contribution is 2.34. The first-order valence-electron chi connectivity index (χ1n) is 9.29. The predicted octanol–water partition coefficient (Wildman–Crippen LogP) is 3.60. The van der Waals surface area contributed by atoms with Crippen molar-refractivity contribution in [2.24, 2.45) is 0 Å². The van der Waals surface area contributed by atoms with E-state index in [1.165, 1.54) is 0 Å². The van der Waals surface area contributed by atoms with Crippen molar-refractivity contribution in [1.82, 2.24) is 20.0 Å². The first-order valence-corrected chi connectivity index (χ1v) is 9.29. The van der Waals surface area contributed by atoms with Crippen molar-refractivity contribution < 1.29 is 14.1 Å². The van der Waals surface area contributed by atoms with Crippen LogP contribution < -0.4 is 5.32 Å². The van der Waals surface area contributed by atoms with Gasteiger partial charge in [-0.05, 0) is 41.0 Å². The van der Waals surface area contributed by atoms with E-state index in [2.05, 4.69) is 15.5 Å². The van der Waals surface area contributed by atoms with Gasteiger partial charge in [-0.1, -0.05) is 5.16 Å². The Hall–Kier alpha value is -2.64. The molecule has 2 aromatic rings. The van der Waals surface area contributed by atoms with Gasteiger partial charge in [0.15, 0.2) is 5.76 Å². The van der Waals surface area contributed by atoms with Gasteiger partial charge in [-0.2, -0.15) is 0 Å². The minimum Gasteiger partial charge on any atom is -0.444 e. The quantitative estimate of drug-likeness (QED) is 0.875. The van der Waals surface area contributed by atoms with Gasteiger partial charge >= 0.3 is 6.09 Å². The number of anilines is 1. The third-order valence-electron chi connectivity index (χ3n) is 4.27. The lowest BCUT2D eigenvalue weighted by Gasteiger charge is -2.24. The summed E-state index contributed by atoms with van der Waals surface area (Å²) in [5.74, 6) is 1.29. The molecule has 0 aliphatic carbocycles. The van der Waals surface area contributed by atoms with Gasteiger partial charge in [0.1, 0.15) is 5.60 Å². The topological polar surface area (TPSA) is 93.4 Å². The van der Waals surface area contributed by atoms with Crippen molar-refractivity contribution in [2.45, 2.75) is 52.6 Å². The molecule has 0 saturated carbocycles. The molecule has 1 fully saturated rings. The monoisotopic (exact) mass is 373 g/mol. The number of ether oxygens (including phenoxy) is 1. The number of aromatic nitrogens is 3. The highest BCUT2D eigenvalue weighted by Gasteiger charge is 2.33. The van der Waals surface area contributed by atoms with E-state index in [0.29, 0.717) is 24.8 Å². The van der Waals surface area contributed by atoms with Crippen LogP contribution in [0, 0.1) is 6.92 Å². The summed E-state index contributed by atoms with van der Waals surface area (Å²) in [4.78, 5) is 23.2. The summed E-state index contributed by atoms with van der Waals surface area (Å²) < 4.78 is 10.9. The molecule has 8 heteroatoms. The molecule has 1 aliphatic heterocycles. The number of hydrogen-bond donors (Lipinski definition) is 1. The zero-order valence-corrected chi connectivity index (χ0v) is 16.6. The Morgan fingerprint density at radius 1 is 1.44 bits per heavy atom. The van der Waals surface area contributed by atoms with Crippen LogP contribution in [0.15, 0.2) is 16.8 Å². The molecule has 1 saturated heterocycles. The van der Waals surface area contributed by atoms with E-state index in [4.69, 9.17) is 14.2 Å². The first kappa shape index (κ1) is 19.1. The number of carbonyl (C=O) groups excluding carboxylic acids is 1. The lowest BCUT2D eigenvalue weighted by atomic mass is 9.99. The number of rotatable bonds is 4. The lowest BCUT2D eigenvalue weighted by Crippen LogP contribution is -2.35. The largest absolute Gasteiger partial charge is 0.444 e. The van der Waals surface area contributed by atoms with Gasteiger partial charge < -0.3 is 19.5 Å². The Kier molecular flexibility index (Phi) is 5.34. The number of nitrogens with zero attached hydrogens (tertiary/aromatic N) is 4. The molecule has 3 rings (SSSR count). The second-order valence-electron chi connectivity index (χ2n) is 7.77. The van der Waals surface area contributed by atoms with Crippen molar-refractivity contribution >= 4 is 12.0 Å². The molecular weight excluding hydrogens is 346 g/mol. The molecule has 1 atom stereocenters. The molecule has 8 nitrogen and oxygen atoms in total. The van der Waals surface area contributed by atoms with Crippen LogP contribution in [0.3, 0.4) is 0 Å². The fourth-order valence-electron chi connectivity index (χ4n) is 3.11. The Morgan fingerprint density at radius 2 is 2.22 bits per heavy atom. The van der Waals surface area contributed by atoms with E-state index in [-0.39, 0.29) is 12.0 Å². The molecule has 1 N–H and O–H groups in total. The van der Waals surface area contributed by atoms with Gasteiger partial charge in [-0.25, -0.2) is 14.8 Å².